The third-order valence-electron chi connectivity index (χ3n) is 4.82. The van der Waals surface area contributed by atoms with Crippen molar-refractivity contribution in [3.63, 3.8) is 0 Å². The highest BCUT2D eigenvalue weighted by Gasteiger charge is 2.22. The number of fused-ring (bicyclic) bond motifs is 3. The molecule has 1 saturated carbocycles. The molecule has 2 aromatic heterocycles. The second-order valence-corrected chi connectivity index (χ2v) is 7.30. The first-order chi connectivity index (χ1) is 9.92. The molecule has 0 bridgehead atoms. The van der Waals surface area contributed by atoms with Gasteiger partial charge in [-0.05, 0) is 31.2 Å². The Bertz CT molecular complexity index is 616. The highest BCUT2D eigenvalue weighted by Crippen LogP contribution is 2.35. The molecule has 2 aliphatic rings. The molecule has 0 spiro atoms. The highest BCUT2D eigenvalue weighted by atomic mass is 32.1. The molecule has 4 rings (SSSR count). The molecule has 2 heterocycles. The molecule has 1 radical (unpaired) electrons. The van der Waals surface area contributed by atoms with E-state index >= 15 is 0 Å². The van der Waals surface area contributed by atoms with E-state index in [-0.39, 0.29) is 0 Å². The van der Waals surface area contributed by atoms with Crippen LogP contribution < -0.4 is 5.59 Å². The molecule has 2 nitrogen and oxygen atoms in total. The van der Waals surface area contributed by atoms with Gasteiger partial charge < -0.3 is 0 Å². The third kappa shape index (κ3) is 2.28. The first-order valence-electron chi connectivity index (χ1n) is 8.02. The van der Waals surface area contributed by atoms with Crippen LogP contribution in [0.3, 0.4) is 0 Å². The monoisotopic (exact) mass is 283 g/mol. The minimum absolute atomic E-state index is 0.737. The van der Waals surface area contributed by atoms with E-state index in [4.69, 9.17) is 0 Å². The van der Waals surface area contributed by atoms with E-state index in [0.717, 1.165) is 5.82 Å². The highest BCUT2D eigenvalue weighted by molar-refractivity contribution is 7.19. The SMILES string of the molecule is [B](c1ncnc2sc3c(c12)CCCC3)C1CCCCC1. The summed E-state index contributed by atoms with van der Waals surface area (Å²) in [6.45, 7) is 0. The maximum atomic E-state index is 4.62. The van der Waals surface area contributed by atoms with Crippen molar-refractivity contribution in [2.24, 2.45) is 0 Å². The number of hydrogen-bond donors (Lipinski definition) is 0. The van der Waals surface area contributed by atoms with Gasteiger partial charge in [-0.1, -0.05) is 37.9 Å². The maximum absolute atomic E-state index is 4.62. The number of nitrogens with zero attached hydrogens (tertiary/aromatic N) is 2. The summed E-state index contributed by atoms with van der Waals surface area (Å²) in [7, 11) is 2.45. The van der Waals surface area contributed by atoms with Gasteiger partial charge in [0.1, 0.15) is 11.2 Å². The summed E-state index contributed by atoms with van der Waals surface area (Å²) in [6.07, 6.45) is 13.8. The lowest BCUT2D eigenvalue weighted by Crippen LogP contribution is -2.25. The zero-order chi connectivity index (χ0) is 13.4. The molecular weight excluding hydrogens is 263 g/mol. The summed E-state index contributed by atoms with van der Waals surface area (Å²) in [5.41, 5.74) is 2.79. The van der Waals surface area contributed by atoms with Gasteiger partial charge in [-0.2, -0.15) is 0 Å². The second kappa shape index (κ2) is 5.47. The molecule has 2 aliphatic carbocycles. The summed E-state index contributed by atoms with van der Waals surface area (Å²) in [5.74, 6) is 0.737. The largest absolute Gasteiger partial charge is 0.251 e. The Hall–Kier alpha value is -0.895. The zero-order valence-corrected chi connectivity index (χ0v) is 12.7. The molecular formula is C16H20BN2S. The van der Waals surface area contributed by atoms with E-state index in [0.29, 0.717) is 0 Å². The Kier molecular flexibility index (Phi) is 3.51. The topological polar surface area (TPSA) is 25.8 Å². The van der Waals surface area contributed by atoms with Crippen LogP contribution in [-0.2, 0) is 12.8 Å². The van der Waals surface area contributed by atoms with Gasteiger partial charge in [-0.3, -0.25) is 4.98 Å². The van der Waals surface area contributed by atoms with Crippen molar-refractivity contribution in [2.75, 3.05) is 0 Å². The Labute approximate surface area is 125 Å². The summed E-state index contributed by atoms with van der Waals surface area (Å²) >= 11 is 1.90. The van der Waals surface area contributed by atoms with Crippen LogP contribution in [0.2, 0.25) is 5.82 Å². The fourth-order valence-electron chi connectivity index (χ4n) is 3.77. The quantitative estimate of drug-likeness (QED) is 0.786. The Morgan fingerprint density at radius 3 is 2.75 bits per heavy atom. The normalized spacial score (nSPS) is 20.0. The molecule has 2 aromatic rings. The summed E-state index contributed by atoms with van der Waals surface area (Å²) in [6, 6.07) is 0. The molecule has 0 unspecified atom stereocenters. The van der Waals surface area contributed by atoms with Crippen molar-refractivity contribution in [2.45, 2.75) is 63.6 Å². The first-order valence-corrected chi connectivity index (χ1v) is 8.83. The number of rotatable bonds is 2. The molecule has 4 heteroatoms. The van der Waals surface area contributed by atoms with Crippen LogP contribution in [0.25, 0.3) is 10.2 Å². The van der Waals surface area contributed by atoms with E-state index < -0.39 is 0 Å². The molecule has 1 fully saturated rings. The summed E-state index contributed by atoms with van der Waals surface area (Å²) < 4.78 is 0. The Morgan fingerprint density at radius 2 is 1.85 bits per heavy atom. The van der Waals surface area contributed by atoms with Crippen molar-refractivity contribution in [3.8, 4) is 0 Å². The van der Waals surface area contributed by atoms with Gasteiger partial charge in [0.05, 0.1) is 0 Å². The number of hydrogen-bond acceptors (Lipinski definition) is 3. The van der Waals surface area contributed by atoms with Gasteiger partial charge >= 0.3 is 0 Å². The lowest BCUT2D eigenvalue weighted by atomic mass is 9.56. The van der Waals surface area contributed by atoms with Crippen molar-refractivity contribution >= 4 is 34.4 Å². The van der Waals surface area contributed by atoms with Gasteiger partial charge in [0.25, 0.3) is 0 Å². The molecule has 0 atom stereocenters. The van der Waals surface area contributed by atoms with Crippen LogP contribution in [0.4, 0.5) is 0 Å². The van der Waals surface area contributed by atoms with Crippen LogP contribution in [0.5, 0.6) is 0 Å². The fraction of sp³-hybridized carbons (Fsp3) is 0.625. The number of aryl methyl sites for hydroxylation is 2. The molecule has 0 saturated heterocycles. The van der Waals surface area contributed by atoms with E-state index in [2.05, 4.69) is 17.2 Å². The van der Waals surface area contributed by atoms with Gasteiger partial charge in [0.15, 0.2) is 7.28 Å². The van der Waals surface area contributed by atoms with Gasteiger partial charge in [-0.15, -0.1) is 11.3 Å². The average molecular weight is 283 g/mol. The van der Waals surface area contributed by atoms with Crippen LogP contribution in [0.1, 0.15) is 55.4 Å². The predicted molar refractivity (Wildman–Crippen MR) is 86.3 cm³/mol. The molecule has 0 aliphatic heterocycles. The zero-order valence-electron chi connectivity index (χ0n) is 11.9. The minimum Gasteiger partial charge on any atom is -0.251 e. The van der Waals surface area contributed by atoms with Crippen LogP contribution in [0, 0.1) is 0 Å². The molecule has 0 aromatic carbocycles. The maximum Gasteiger partial charge on any atom is 0.182 e. The van der Waals surface area contributed by atoms with E-state index in [1.807, 2.05) is 11.3 Å². The number of thiophene rings is 1. The average Bonchev–Trinajstić information content (AvgIpc) is 2.88. The van der Waals surface area contributed by atoms with Gasteiger partial charge in [0.2, 0.25) is 0 Å². The van der Waals surface area contributed by atoms with Gasteiger partial charge in [0, 0.05) is 15.9 Å². The first kappa shape index (κ1) is 12.8. The molecule has 0 amide bonds. The van der Waals surface area contributed by atoms with E-state index in [1.165, 1.54) is 73.6 Å². The Morgan fingerprint density at radius 1 is 1.00 bits per heavy atom. The van der Waals surface area contributed by atoms with Crippen molar-refractivity contribution in [3.05, 3.63) is 16.8 Å². The van der Waals surface area contributed by atoms with Crippen molar-refractivity contribution < 1.29 is 0 Å². The van der Waals surface area contributed by atoms with Crippen molar-refractivity contribution in [1.82, 2.24) is 9.97 Å². The van der Waals surface area contributed by atoms with Crippen LogP contribution >= 0.6 is 11.3 Å². The number of aromatic nitrogens is 2. The fourth-order valence-corrected chi connectivity index (χ4v) is 5.00. The Balaban J connectivity index is 1.72. The van der Waals surface area contributed by atoms with Crippen LogP contribution in [-0.4, -0.2) is 17.2 Å². The van der Waals surface area contributed by atoms with E-state index in [9.17, 15) is 0 Å². The lowest BCUT2D eigenvalue weighted by molar-refractivity contribution is 0.502. The molecule has 103 valence electrons. The lowest BCUT2D eigenvalue weighted by Gasteiger charge is -2.20. The predicted octanol–water partition coefficient (Wildman–Crippen LogP) is 3.65. The minimum atomic E-state index is 0.737. The van der Waals surface area contributed by atoms with Gasteiger partial charge in [-0.25, -0.2) is 4.98 Å². The smallest absolute Gasteiger partial charge is 0.182 e. The molecule has 20 heavy (non-hydrogen) atoms. The van der Waals surface area contributed by atoms with E-state index in [1.54, 1.807) is 16.8 Å². The molecule has 0 N–H and O–H groups in total. The standard InChI is InChI=1S/C16H20BN2S/c1-2-6-11(7-3-1)17-15-14-12-8-4-5-9-13(12)20-16(14)19-10-18-15/h10-11H,1-9H2. The van der Waals surface area contributed by atoms with Crippen LogP contribution in [0.15, 0.2) is 6.33 Å². The summed E-state index contributed by atoms with van der Waals surface area (Å²) in [4.78, 5) is 11.9. The second-order valence-electron chi connectivity index (χ2n) is 6.21. The third-order valence-corrected chi connectivity index (χ3v) is 6.02. The summed E-state index contributed by atoms with van der Waals surface area (Å²) in [5, 5.41) is 1.39. The van der Waals surface area contributed by atoms with Crippen molar-refractivity contribution in [1.29, 1.82) is 0 Å².